The smallest absolute Gasteiger partial charge is 0.268 e. The summed E-state index contributed by atoms with van der Waals surface area (Å²) in [6, 6.07) is 4.39. The van der Waals surface area contributed by atoms with Crippen molar-refractivity contribution >= 4 is 17.2 Å². The Labute approximate surface area is 139 Å². The molecular weight excluding hydrogens is 314 g/mol. The van der Waals surface area contributed by atoms with Gasteiger partial charge in [-0.2, -0.15) is 4.98 Å². The Kier molecular flexibility index (Phi) is 5.04. The van der Waals surface area contributed by atoms with Gasteiger partial charge < -0.3 is 14.7 Å². The fraction of sp³-hybridized carbons (Fsp3) is 0.533. The number of thiophene rings is 1. The van der Waals surface area contributed by atoms with Crippen molar-refractivity contribution in [2.45, 2.75) is 19.0 Å². The van der Waals surface area contributed by atoms with E-state index in [1.165, 1.54) is 0 Å². The molecule has 2 aromatic heterocycles. The number of aromatic nitrogens is 2. The highest BCUT2D eigenvalue weighted by Crippen LogP contribution is 2.22. The van der Waals surface area contributed by atoms with Crippen molar-refractivity contribution in [1.82, 2.24) is 25.3 Å². The second kappa shape index (κ2) is 7.20. The minimum absolute atomic E-state index is 0.00752. The molecule has 1 fully saturated rings. The number of hydrogen-bond donors (Lipinski definition) is 1. The molecule has 1 N–H and O–H groups in total. The van der Waals surface area contributed by atoms with Gasteiger partial charge in [0.15, 0.2) is 5.82 Å². The van der Waals surface area contributed by atoms with E-state index < -0.39 is 0 Å². The molecule has 1 aliphatic heterocycles. The normalized spacial score (nSPS) is 18.7. The van der Waals surface area contributed by atoms with Crippen molar-refractivity contribution in [2.75, 3.05) is 33.7 Å². The predicted octanol–water partition coefficient (Wildman–Crippen LogP) is 1.05. The van der Waals surface area contributed by atoms with Gasteiger partial charge in [-0.05, 0) is 32.0 Å². The number of carbonyl (C=O) groups excluding carboxylic acids is 1. The maximum Gasteiger partial charge on any atom is 0.268 e. The van der Waals surface area contributed by atoms with Crippen molar-refractivity contribution in [3.05, 3.63) is 23.3 Å². The molecule has 2 aromatic rings. The number of hydrogen-bond acceptors (Lipinski definition) is 7. The number of likely N-dealkylation sites (tertiary alicyclic amines) is 1. The average Bonchev–Trinajstić information content (AvgIpc) is 3.25. The van der Waals surface area contributed by atoms with Gasteiger partial charge in [-0.1, -0.05) is 11.2 Å². The fourth-order valence-corrected chi connectivity index (χ4v) is 3.28. The van der Waals surface area contributed by atoms with Gasteiger partial charge in [0.05, 0.1) is 18.0 Å². The number of rotatable bonds is 6. The lowest BCUT2D eigenvalue weighted by atomic mass is 10.2. The van der Waals surface area contributed by atoms with Crippen molar-refractivity contribution in [2.24, 2.45) is 0 Å². The first-order valence-electron chi connectivity index (χ1n) is 7.64. The predicted molar refractivity (Wildman–Crippen MR) is 88.0 cm³/mol. The molecular formula is C15H21N5O2S. The van der Waals surface area contributed by atoms with E-state index in [1.807, 2.05) is 17.5 Å². The van der Waals surface area contributed by atoms with Crippen LogP contribution in [0.25, 0.3) is 10.8 Å². The van der Waals surface area contributed by atoms with E-state index in [4.69, 9.17) is 4.52 Å². The second-order valence-corrected chi connectivity index (χ2v) is 6.86. The first-order valence-corrected chi connectivity index (χ1v) is 8.51. The van der Waals surface area contributed by atoms with Crippen LogP contribution in [0.3, 0.4) is 0 Å². The molecule has 1 saturated heterocycles. The largest absolute Gasteiger partial charge is 0.348 e. The summed E-state index contributed by atoms with van der Waals surface area (Å²) in [5.74, 6) is 0.985. The Bertz CT molecular complexity index is 640. The average molecular weight is 335 g/mol. The van der Waals surface area contributed by atoms with Crippen LogP contribution in [0.4, 0.5) is 0 Å². The van der Waals surface area contributed by atoms with Gasteiger partial charge in [-0.3, -0.25) is 9.69 Å². The molecule has 0 aliphatic carbocycles. The molecule has 1 amide bonds. The fourth-order valence-electron chi connectivity index (χ4n) is 2.64. The van der Waals surface area contributed by atoms with Crippen LogP contribution in [0.1, 0.15) is 12.2 Å². The molecule has 3 heterocycles. The van der Waals surface area contributed by atoms with Gasteiger partial charge in [-0.15, -0.1) is 11.3 Å². The monoisotopic (exact) mass is 335 g/mol. The van der Waals surface area contributed by atoms with Crippen LogP contribution >= 0.6 is 11.3 Å². The molecule has 0 saturated carbocycles. The molecule has 1 atom stereocenters. The Hall–Kier alpha value is -1.77. The topological polar surface area (TPSA) is 74.5 Å². The zero-order valence-electron chi connectivity index (χ0n) is 13.4. The number of nitrogens with zero attached hydrogens (tertiary/aromatic N) is 4. The van der Waals surface area contributed by atoms with Crippen LogP contribution in [0, 0.1) is 0 Å². The van der Waals surface area contributed by atoms with Gasteiger partial charge in [0.25, 0.3) is 5.89 Å². The summed E-state index contributed by atoms with van der Waals surface area (Å²) >= 11 is 1.54. The highest BCUT2D eigenvalue weighted by molar-refractivity contribution is 7.13. The summed E-state index contributed by atoms with van der Waals surface area (Å²) < 4.78 is 5.20. The first-order chi connectivity index (χ1) is 11.1. The van der Waals surface area contributed by atoms with E-state index in [9.17, 15) is 4.79 Å². The zero-order valence-corrected chi connectivity index (χ0v) is 14.2. The molecule has 8 heteroatoms. The standard InChI is InChI=1S/C15H21N5O2S/c1-19(2)11-5-6-20(9-11)10-14(21)16-8-13-17-15(22-18-13)12-4-3-7-23-12/h3-4,7,11H,5-6,8-10H2,1-2H3,(H,16,21)/t11-/m0/s1. The van der Waals surface area contributed by atoms with Crippen LogP contribution in [-0.4, -0.2) is 65.6 Å². The minimum Gasteiger partial charge on any atom is -0.348 e. The summed E-state index contributed by atoms with van der Waals surface area (Å²) in [5.41, 5.74) is 0. The Morgan fingerprint density at radius 3 is 3.13 bits per heavy atom. The molecule has 1 aliphatic rings. The summed E-state index contributed by atoms with van der Waals surface area (Å²) in [7, 11) is 4.16. The number of nitrogens with one attached hydrogen (secondary N) is 1. The van der Waals surface area contributed by atoms with Crippen molar-refractivity contribution in [3.63, 3.8) is 0 Å². The molecule has 0 aromatic carbocycles. The molecule has 0 unspecified atom stereocenters. The van der Waals surface area contributed by atoms with E-state index in [-0.39, 0.29) is 5.91 Å². The summed E-state index contributed by atoms with van der Waals surface area (Å²) in [6.07, 6.45) is 1.11. The summed E-state index contributed by atoms with van der Waals surface area (Å²) in [4.78, 5) is 21.6. The van der Waals surface area contributed by atoms with Gasteiger partial charge in [-0.25, -0.2) is 0 Å². The van der Waals surface area contributed by atoms with Crippen LogP contribution in [0.15, 0.2) is 22.0 Å². The minimum atomic E-state index is -0.00752. The molecule has 0 radical (unpaired) electrons. The lowest BCUT2D eigenvalue weighted by Crippen LogP contribution is -2.38. The van der Waals surface area contributed by atoms with Gasteiger partial charge >= 0.3 is 0 Å². The Morgan fingerprint density at radius 1 is 1.57 bits per heavy atom. The highest BCUT2D eigenvalue weighted by Gasteiger charge is 2.25. The Balaban J connectivity index is 1.45. The van der Waals surface area contributed by atoms with E-state index in [1.54, 1.807) is 11.3 Å². The third-order valence-electron chi connectivity index (χ3n) is 3.99. The number of amides is 1. The molecule has 0 spiro atoms. The van der Waals surface area contributed by atoms with Crippen molar-refractivity contribution in [3.8, 4) is 10.8 Å². The number of carbonyl (C=O) groups is 1. The first kappa shape index (κ1) is 16.1. The van der Waals surface area contributed by atoms with E-state index in [0.717, 1.165) is 24.4 Å². The SMILES string of the molecule is CN(C)[C@H]1CCN(CC(=O)NCc2noc(-c3cccs3)n2)C1. The van der Waals surface area contributed by atoms with Gasteiger partial charge in [0.1, 0.15) is 0 Å². The van der Waals surface area contributed by atoms with Gasteiger partial charge in [0, 0.05) is 19.1 Å². The van der Waals surface area contributed by atoms with Crippen LogP contribution in [0.2, 0.25) is 0 Å². The third-order valence-corrected chi connectivity index (χ3v) is 4.85. The zero-order chi connectivity index (χ0) is 16.2. The molecule has 7 nitrogen and oxygen atoms in total. The third kappa shape index (κ3) is 4.15. The highest BCUT2D eigenvalue weighted by atomic mass is 32.1. The maximum absolute atomic E-state index is 12.0. The summed E-state index contributed by atoms with van der Waals surface area (Å²) in [5, 5.41) is 8.71. The molecule has 3 rings (SSSR count). The van der Waals surface area contributed by atoms with Crippen molar-refractivity contribution in [1.29, 1.82) is 0 Å². The molecule has 0 bridgehead atoms. The van der Waals surface area contributed by atoms with Crippen molar-refractivity contribution < 1.29 is 9.32 Å². The lowest BCUT2D eigenvalue weighted by Gasteiger charge is -2.19. The Morgan fingerprint density at radius 2 is 2.43 bits per heavy atom. The maximum atomic E-state index is 12.0. The van der Waals surface area contributed by atoms with Crippen LogP contribution < -0.4 is 5.32 Å². The van der Waals surface area contributed by atoms with Gasteiger partial charge in [0.2, 0.25) is 5.91 Å². The van der Waals surface area contributed by atoms with Crippen LogP contribution in [0.5, 0.6) is 0 Å². The number of likely N-dealkylation sites (N-methyl/N-ethyl adjacent to an activating group) is 1. The summed E-state index contributed by atoms with van der Waals surface area (Å²) in [6.45, 7) is 2.60. The van der Waals surface area contributed by atoms with Crippen LogP contribution in [-0.2, 0) is 11.3 Å². The van der Waals surface area contributed by atoms with E-state index in [0.29, 0.717) is 30.8 Å². The second-order valence-electron chi connectivity index (χ2n) is 5.91. The van der Waals surface area contributed by atoms with E-state index >= 15 is 0 Å². The molecule has 124 valence electrons. The molecule has 23 heavy (non-hydrogen) atoms. The van der Waals surface area contributed by atoms with E-state index in [2.05, 4.69) is 39.4 Å². The quantitative estimate of drug-likeness (QED) is 0.850. The lowest BCUT2D eigenvalue weighted by molar-refractivity contribution is -0.122.